The van der Waals surface area contributed by atoms with Crippen LogP contribution in [0, 0.1) is 0 Å². The Labute approximate surface area is 194 Å². The molecule has 0 aliphatic carbocycles. The smallest absolute Gasteiger partial charge is 0.248 e. The lowest BCUT2D eigenvalue weighted by molar-refractivity contribution is -0.114. The van der Waals surface area contributed by atoms with E-state index in [1.54, 1.807) is 18.2 Å². The van der Waals surface area contributed by atoms with Crippen LogP contribution in [0.3, 0.4) is 0 Å². The number of nitrogens with zero attached hydrogens (tertiary/aromatic N) is 3. The summed E-state index contributed by atoms with van der Waals surface area (Å²) in [5, 5.41) is 6.83. The topological polar surface area (TPSA) is 113 Å². The van der Waals surface area contributed by atoms with Gasteiger partial charge in [-0.2, -0.15) is 0 Å². The second-order valence-corrected chi connectivity index (χ2v) is 7.70. The van der Waals surface area contributed by atoms with Gasteiger partial charge in [0, 0.05) is 28.4 Å². The summed E-state index contributed by atoms with van der Waals surface area (Å²) < 4.78 is 0. The van der Waals surface area contributed by atoms with Crippen molar-refractivity contribution in [1.82, 2.24) is 19.9 Å². The highest BCUT2D eigenvalue weighted by molar-refractivity contribution is 6.05. The van der Waals surface area contributed by atoms with Crippen molar-refractivity contribution in [3.05, 3.63) is 85.2 Å². The summed E-state index contributed by atoms with van der Waals surface area (Å²) >= 11 is 0. The van der Waals surface area contributed by atoms with Crippen LogP contribution in [0.4, 0.5) is 17.2 Å². The maximum Gasteiger partial charge on any atom is 0.248 e. The van der Waals surface area contributed by atoms with Gasteiger partial charge >= 0.3 is 0 Å². The van der Waals surface area contributed by atoms with Gasteiger partial charge in [0.25, 0.3) is 0 Å². The maximum atomic E-state index is 12.1. The van der Waals surface area contributed by atoms with E-state index in [9.17, 15) is 9.59 Å². The van der Waals surface area contributed by atoms with Crippen molar-refractivity contribution in [3.8, 4) is 11.4 Å². The molecule has 2 aromatic heterocycles. The summed E-state index contributed by atoms with van der Waals surface area (Å²) in [6, 6.07) is 21.1. The molecule has 0 spiro atoms. The monoisotopic (exact) mass is 448 g/mol. The Morgan fingerprint density at radius 1 is 0.882 bits per heavy atom. The molecule has 0 atom stereocenters. The van der Waals surface area contributed by atoms with Crippen LogP contribution in [0.25, 0.3) is 33.3 Å². The molecular weight excluding hydrogens is 428 g/mol. The van der Waals surface area contributed by atoms with Crippen molar-refractivity contribution in [2.45, 2.75) is 6.92 Å². The highest BCUT2D eigenvalue weighted by Gasteiger charge is 2.09. The average Bonchev–Trinajstić information content (AvgIpc) is 3.27. The summed E-state index contributed by atoms with van der Waals surface area (Å²) in [7, 11) is 0. The Balaban J connectivity index is 1.43. The Kier molecular flexibility index (Phi) is 5.53. The molecular formula is C26H20N6O2. The zero-order valence-electron chi connectivity index (χ0n) is 18.2. The molecule has 3 aromatic carbocycles. The van der Waals surface area contributed by atoms with E-state index < -0.39 is 0 Å². The second-order valence-electron chi connectivity index (χ2n) is 7.70. The van der Waals surface area contributed by atoms with E-state index in [4.69, 9.17) is 0 Å². The van der Waals surface area contributed by atoms with Crippen molar-refractivity contribution in [2.24, 2.45) is 0 Å². The van der Waals surface area contributed by atoms with Gasteiger partial charge in [-0.05, 0) is 49.4 Å². The molecule has 166 valence electrons. The normalized spacial score (nSPS) is 11.2. The predicted octanol–water partition coefficient (Wildman–Crippen LogP) is 5.00. The minimum Gasteiger partial charge on any atom is -0.340 e. The van der Waals surface area contributed by atoms with Crippen LogP contribution in [0.1, 0.15) is 6.92 Å². The summed E-state index contributed by atoms with van der Waals surface area (Å²) in [6.45, 7) is 1.39. The number of benzene rings is 3. The van der Waals surface area contributed by atoms with Gasteiger partial charge in [-0.3, -0.25) is 9.59 Å². The minimum atomic E-state index is -0.389. The molecule has 5 aromatic rings. The van der Waals surface area contributed by atoms with Gasteiger partial charge in [-0.25, -0.2) is 15.0 Å². The van der Waals surface area contributed by atoms with E-state index in [1.165, 1.54) is 25.4 Å². The first kappa shape index (κ1) is 21.0. The van der Waals surface area contributed by atoms with Gasteiger partial charge in [0.05, 0.1) is 16.6 Å². The van der Waals surface area contributed by atoms with Crippen LogP contribution in [0.15, 0.2) is 85.2 Å². The first-order chi connectivity index (χ1) is 16.5. The first-order valence-electron chi connectivity index (χ1n) is 10.6. The number of anilines is 3. The number of fused-ring (bicyclic) bond motifs is 2. The number of aromatic amines is 1. The Morgan fingerprint density at radius 3 is 2.50 bits per heavy atom. The summed E-state index contributed by atoms with van der Waals surface area (Å²) in [5.41, 5.74) is 4.90. The third-order valence-electron chi connectivity index (χ3n) is 5.16. The third kappa shape index (κ3) is 4.51. The summed E-state index contributed by atoms with van der Waals surface area (Å²) in [5.74, 6) is 0.820. The van der Waals surface area contributed by atoms with Crippen molar-refractivity contribution in [2.75, 3.05) is 10.6 Å². The first-order valence-corrected chi connectivity index (χ1v) is 10.6. The molecule has 0 aliphatic heterocycles. The van der Waals surface area contributed by atoms with Crippen LogP contribution in [-0.4, -0.2) is 31.6 Å². The lowest BCUT2D eigenvalue weighted by Gasteiger charge is -2.10. The zero-order chi connectivity index (χ0) is 23.5. The Bertz CT molecular complexity index is 1560. The van der Waals surface area contributed by atoms with Gasteiger partial charge < -0.3 is 15.6 Å². The number of hydrogen-bond acceptors (Lipinski definition) is 6. The van der Waals surface area contributed by atoms with E-state index in [1.807, 2.05) is 48.5 Å². The molecule has 0 radical (unpaired) electrons. The fourth-order valence-corrected chi connectivity index (χ4v) is 3.57. The predicted molar refractivity (Wildman–Crippen MR) is 133 cm³/mol. The number of ketones is 1. The van der Waals surface area contributed by atoms with Crippen molar-refractivity contribution in [3.63, 3.8) is 0 Å². The number of amides is 1. The number of allylic oxidation sites excluding steroid dienone is 1. The van der Waals surface area contributed by atoms with Crippen LogP contribution >= 0.6 is 0 Å². The maximum absolute atomic E-state index is 12.1. The standard InChI is InChI=1S/C26H20N6O2/c1-16(33)7-12-24(34)29-18-8-10-21-20(13-18)26(28-15-27-21)30-19-9-11-22-23(14-19)32-25(31-22)17-5-3-2-4-6-17/h2-15H,1H3,(H,29,34)(H,31,32)(H,27,28,30). The zero-order valence-corrected chi connectivity index (χ0v) is 18.2. The number of aromatic nitrogens is 4. The number of nitrogens with one attached hydrogen (secondary N) is 3. The quantitative estimate of drug-likeness (QED) is 0.315. The van der Waals surface area contributed by atoms with Crippen LogP contribution in [0.5, 0.6) is 0 Å². The van der Waals surface area contributed by atoms with Gasteiger partial charge in [0.2, 0.25) is 5.91 Å². The van der Waals surface area contributed by atoms with E-state index >= 15 is 0 Å². The van der Waals surface area contributed by atoms with Crippen molar-refractivity contribution < 1.29 is 9.59 Å². The molecule has 8 heteroatoms. The van der Waals surface area contributed by atoms with E-state index in [-0.39, 0.29) is 11.7 Å². The van der Waals surface area contributed by atoms with Gasteiger partial charge in [0.1, 0.15) is 18.0 Å². The average molecular weight is 448 g/mol. The molecule has 5 rings (SSSR count). The van der Waals surface area contributed by atoms with E-state index in [2.05, 4.69) is 30.6 Å². The number of H-pyrrole nitrogens is 1. The van der Waals surface area contributed by atoms with Crippen molar-refractivity contribution >= 4 is 50.8 Å². The lowest BCUT2D eigenvalue weighted by atomic mass is 10.2. The molecule has 1 amide bonds. The second kappa shape index (κ2) is 8.95. The summed E-state index contributed by atoms with van der Waals surface area (Å²) in [4.78, 5) is 39.8. The van der Waals surface area contributed by atoms with Crippen molar-refractivity contribution in [1.29, 1.82) is 0 Å². The molecule has 0 bridgehead atoms. The number of imidazole rings is 1. The molecule has 0 fully saturated rings. The fourth-order valence-electron chi connectivity index (χ4n) is 3.57. The largest absolute Gasteiger partial charge is 0.340 e. The van der Waals surface area contributed by atoms with Gasteiger partial charge in [0.15, 0.2) is 5.78 Å². The van der Waals surface area contributed by atoms with Crippen LogP contribution < -0.4 is 10.6 Å². The van der Waals surface area contributed by atoms with Gasteiger partial charge in [-0.1, -0.05) is 30.3 Å². The molecule has 0 saturated heterocycles. The number of carbonyl (C=O) groups is 2. The SMILES string of the molecule is CC(=O)C=CC(=O)Nc1ccc2ncnc(Nc3ccc4nc(-c5ccccc5)[nH]c4c3)c2c1. The number of hydrogen-bond donors (Lipinski definition) is 3. The minimum absolute atomic E-state index is 0.196. The fraction of sp³-hybridized carbons (Fsp3) is 0.0385. The van der Waals surface area contributed by atoms with Crippen LogP contribution in [0.2, 0.25) is 0 Å². The van der Waals surface area contributed by atoms with E-state index in [0.29, 0.717) is 11.5 Å². The Morgan fingerprint density at radius 2 is 1.68 bits per heavy atom. The number of rotatable bonds is 6. The summed E-state index contributed by atoms with van der Waals surface area (Å²) in [6.07, 6.45) is 3.92. The molecule has 0 unspecified atom stereocenters. The van der Waals surface area contributed by atoms with Gasteiger partial charge in [-0.15, -0.1) is 0 Å². The highest BCUT2D eigenvalue weighted by Crippen LogP contribution is 2.28. The molecule has 8 nitrogen and oxygen atoms in total. The van der Waals surface area contributed by atoms with Crippen LogP contribution in [-0.2, 0) is 9.59 Å². The molecule has 2 heterocycles. The Hall–Kier alpha value is -4.85. The molecule has 3 N–H and O–H groups in total. The highest BCUT2D eigenvalue weighted by atomic mass is 16.1. The number of carbonyl (C=O) groups excluding carboxylic acids is 2. The molecule has 0 saturated carbocycles. The molecule has 0 aliphatic rings. The van der Waals surface area contributed by atoms with E-state index in [0.717, 1.165) is 39.0 Å². The third-order valence-corrected chi connectivity index (χ3v) is 5.16. The lowest BCUT2D eigenvalue weighted by Crippen LogP contribution is -2.08. The molecule has 34 heavy (non-hydrogen) atoms.